The minimum absolute atomic E-state index is 0.522. The molecule has 0 bridgehead atoms. The van der Waals surface area contributed by atoms with Gasteiger partial charge in [0.1, 0.15) is 0 Å². The molecular formula is C17H21N. The lowest BCUT2D eigenvalue weighted by atomic mass is 9.98. The molecule has 2 unspecified atom stereocenters. The third-order valence-corrected chi connectivity index (χ3v) is 4.38. The Kier molecular flexibility index (Phi) is 3.09. The van der Waals surface area contributed by atoms with Crippen LogP contribution in [0, 0.1) is 0 Å². The first-order valence-corrected chi connectivity index (χ1v) is 7.01. The van der Waals surface area contributed by atoms with Gasteiger partial charge in [0, 0.05) is 12.1 Å². The van der Waals surface area contributed by atoms with Crippen molar-refractivity contribution in [2.45, 2.75) is 38.8 Å². The molecule has 1 heteroatoms. The van der Waals surface area contributed by atoms with Crippen molar-refractivity contribution in [3.63, 3.8) is 0 Å². The molecule has 2 aromatic carbocycles. The highest BCUT2D eigenvalue weighted by molar-refractivity contribution is 5.86. The second-order valence-electron chi connectivity index (χ2n) is 5.47. The average Bonchev–Trinajstić information content (AvgIpc) is 2.83. The van der Waals surface area contributed by atoms with E-state index >= 15 is 0 Å². The highest BCUT2D eigenvalue weighted by Gasteiger charge is 2.26. The summed E-state index contributed by atoms with van der Waals surface area (Å²) in [5.41, 5.74) is 1.47. The number of benzene rings is 2. The van der Waals surface area contributed by atoms with E-state index in [0.29, 0.717) is 6.04 Å². The summed E-state index contributed by atoms with van der Waals surface area (Å²) in [6, 6.07) is 16.7. The van der Waals surface area contributed by atoms with Crippen LogP contribution in [0.15, 0.2) is 42.5 Å². The van der Waals surface area contributed by atoms with Gasteiger partial charge in [0.25, 0.3) is 0 Å². The Hall–Kier alpha value is -1.34. The van der Waals surface area contributed by atoms with Gasteiger partial charge >= 0.3 is 0 Å². The van der Waals surface area contributed by atoms with Gasteiger partial charge in [-0.2, -0.15) is 0 Å². The van der Waals surface area contributed by atoms with Crippen LogP contribution in [-0.2, 0) is 0 Å². The Morgan fingerprint density at radius 2 is 1.89 bits per heavy atom. The molecule has 0 amide bonds. The Bertz CT molecular complexity index is 541. The van der Waals surface area contributed by atoms with E-state index in [-0.39, 0.29) is 0 Å². The SMILES string of the molecule is CC1CCCN1C(C)c1cccc2ccccc12. The Morgan fingerprint density at radius 1 is 1.11 bits per heavy atom. The van der Waals surface area contributed by atoms with Crippen molar-refractivity contribution in [2.24, 2.45) is 0 Å². The van der Waals surface area contributed by atoms with Gasteiger partial charge in [-0.15, -0.1) is 0 Å². The van der Waals surface area contributed by atoms with Crippen molar-refractivity contribution in [3.05, 3.63) is 48.0 Å². The van der Waals surface area contributed by atoms with Crippen LogP contribution in [0.1, 0.15) is 38.3 Å². The molecule has 0 aromatic heterocycles. The highest BCUT2D eigenvalue weighted by atomic mass is 15.2. The van der Waals surface area contributed by atoms with Crippen molar-refractivity contribution in [2.75, 3.05) is 6.54 Å². The summed E-state index contributed by atoms with van der Waals surface area (Å²) in [7, 11) is 0. The maximum atomic E-state index is 2.64. The fourth-order valence-electron chi connectivity index (χ4n) is 3.32. The van der Waals surface area contributed by atoms with Crippen LogP contribution in [0.25, 0.3) is 10.8 Å². The number of rotatable bonds is 2. The summed E-state index contributed by atoms with van der Waals surface area (Å²) < 4.78 is 0. The standard InChI is InChI=1S/C17H21N/c1-13-7-6-12-18(13)14(2)16-11-5-9-15-8-3-4-10-17(15)16/h3-5,8-11,13-14H,6-7,12H2,1-2H3. The molecule has 1 heterocycles. The lowest BCUT2D eigenvalue weighted by molar-refractivity contribution is 0.206. The zero-order valence-electron chi connectivity index (χ0n) is 11.3. The van der Waals surface area contributed by atoms with E-state index in [9.17, 15) is 0 Å². The first kappa shape index (κ1) is 11.7. The summed E-state index contributed by atoms with van der Waals surface area (Å²) in [6.45, 7) is 5.95. The normalized spacial score (nSPS) is 22.4. The number of likely N-dealkylation sites (tertiary alicyclic amines) is 1. The van der Waals surface area contributed by atoms with Crippen LogP contribution >= 0.6 is 0 Å². The van der Waals surface area contributed by atoms with E-state index < -0.39 is 0 Å². The second kappa shape index (κ2) is 4.74. The molecular weight excluding hydrogens is 218 g/mol. The van der Waals surface area contributed by atoms with E-state index in [1.54, 1.807) is 0 Å². The fourth-order valence-corrected chi connectivity index (χ4v) is 3.32. The lowest BCUT2D eigenvalue weighted by Gasteiger charge is -2.29. The predicted molar refractivity (Wildman–Crippen MR) is 77.8 cm³/mol. The van der Waals surface area contributed by atoms with E-state index in [0.717, 1.165) is 6.04 Å². The minimum Gasteiger partial charge on any atom is -0.294 e. The molecule has 0 N–H and O–H groups in total. The summed E-state index contributed by atoms with van der Waals surface area (Å²) in [6.07, 6.45) is 2.69. The van der Waals surface area contributed by atoms with Crippen molar-refractivity contribution in [3.8, 4) is 0 Å². The quantitative estimate of drug-likeness (QED) is 0.751. The third kappa shape index (κ3) is 1.93. The van der Waals surface area contributed by atoms with E-state index in [2.05, 4.69) is 61.2 Å². The van der Waals surface area contributed by atoms with Gasteiger partial charge in [-0.3, -0.25) is 4.90 Å². The predicted octanol–water partition coefficient (Wildman–Crippen LogP) is 4.39. The molecule has 0 aliphatic carbocycles. The molecule has 3 rings (SSSR count). The van der Waals surface area contributed by atoms with Gasteiger partial charge in [0.2, 0.25) is 0 Å². The van der Waals surface area contributed by atoms with Crippen LogP contribution in [0.5, 0.6) is 0 Å². The van der Waals surface area contributed by atoms with Gasteiger partial charge < -0.3 is 0 Å². The van der Waals surface area contributed by atoms with E-state index in [4.69, 9.17) is 0 Å². The molecule has 1 aliphatic heterocycles. The maximum absolute atomic E-state index is 2.64. The first-order valence-electron chi connectivity index (χ1n) is 7.01. The van der Waals surface area contributed by atoms with E-state index in [1.807, 2.05) is 0 Å². The number of fused-ring (bicyclic) bond motifs is 1. The van der Waals surface area contributed by atoms with Crippen LogP contribution in [-0.4, -0.2) is 17.5 Å². The van der Waals surface area contributed by atoms with Crippen molar-refractivity contribution in [1.29, 1.82) is 0 Å². The highest BCUT2D eigenvalue weighted by Crippen LogP contribution is 2.32. The molecule has 0 radical (unpaired) electrons. The Labute approximate surface area is 109 Å². The van der Waals surface area contributed by atoms with E-state index in [1.165, 1.54) is 35.7 Å². The number of nitrogens with zero attached hydrogens (tertiary/aromatic N) is 1. The summed E-state index contributed by atoms with van der Waals surface area (Å²) in [5, 5.41) is 2.76. The molecule has 18 heavy (non-hydrogen) atoms. The molecule has 94 valence electrons. The van der Waals surface area contributed by atoms with Gasteiger partial charge in [0.15, 0.2) is 0 Å². The zero-order valence-corrected chi connectivity index (χ0v) is 11.3. The molecule has 1 saturated heterocycles. The van der Waals surface area contributed by atoms with Crippen molar-refractivity contribution >= 4 is 10.8 Å². The van der Waals surface area contributed by atoms with Gasteiger partial charge in [-0.05, 0) is 49.6 Å². The van der Waals surface area contributed by atoms with Crippen LogP contribution < -0.4 is 0 Å². The molecule has 1 aliphatic rings. The lowest BCUT2D eigenvalue weighted by Crippen LogP contribution is -2.29. The minimum atomic E-state index is 0.522. The van der Waals surface area contributed by atoms with Crippen LogP contribution in [0.2, 0.25) is 0 Å². The smallest absolute Gasteiger partial charge is 0.0328 e. The van der Waals surface area contributed by atoms with Gasteiger partial charge in [-0.1, -0.05) is 42.5 Å². The Balaban J connectivity index is 2.03. The largest absolute Gasteiger partial charge is 0.294 e. The summed E-state index contributed by atoms with van der Waals surface area (Å²) >= 11 is 0. The molecule has 1 fully saturated rings. The molecule has 0 saturated carbocycles. The number of hydrogen-bond donors (Lipinski definition) is 0. The third-order valence-electron chi connectivity index (χ3n) is 4.38. The zero-order chi connectivity index (χ0) is 12.5. The van der Waals surface area contributed by atoms with Crippen LogP contribution in [0.3, 0.4) is 0 Å². The second-order valence-corrected chi connectivity index (χ2v) is 5.47. The topological polar surface area (TPSA) is 3.24 Å². The molecule has 1 nitrogen and oxygen atoms in total. The van der Waals surface area contributed by atoms with Crippen LogP contribution in [0.4, 0.5) is 0 Å². The van der Waals surface area contributed by atoms with Gasteiger partial charge in [-0.25, -0.2) is 0 Å². The molecule has 2 atom stereocenters. The first-order chi connectivity index (χ1) is 8.77. The maximum Gasteiger partial charge on any atom is 0.0328 e. The summed E-state index contributed by atoms with van der Waals surface area (Å²) in [4.78, 5) is 2.64. The van der Waals surface area contributed by atoms with Crippen molar-refractivity contribution in [1.82, 2.24) is 4.90 Å². The average molecular weight is 239 g/mol. The Morgan fingerprint density at radius 3 is 2.67 bits per heavy atom. The summed E-state index contributed by atoms with van der Waals surface area (Å²) in [5.74, 6) is 0. The van der Waals surface area contributed by atoms with Gasteiger partial charge in [0.05, 0.1) is 0 Å². The molecule has 0 spiro atoms. The number of hydrogen-bond acceptors (Lipinski definition) is 1. The fraction of sp³-hybridized carbons (Fsp3) is 0.412. The molecule has 2 aromatic rings. The van der Waals surface area contributed by atoms with Crippen molar-refractivity contribution < 1.29 is 0 Å². The monoisotopic (exact) mass is 239 g/mol.